The largest absolute Gasteiger partial charge is 0.464 e. The number of carbonyl (C=O) groups is 1. The molecular weight excluding hydrogens is 244 g/mol. The first-order valence-electron chi connectivity index (χ1n) is 6.16. The summed E-state index contributed by atoms with van der Waals surface area (Å²) in [5.41, 5.74) is 2.08. The molecule has 0 bridgehead atoms. The Morgan fingerprint density at radius 2 is 2.26 bits per heavy atom. The highest BCUT2D eigenvalue weighted by molar-refractivity contribution is 5.88. The quantitative estimate of drug-likeness (QED) is 0.757. The van der Waals surface area contributed by atoms with Crippen molar-refractivity contribution in [1.29, 1.82) is 0 Å². The Morgan fingerprint density at radius 1 is 1.42 bits per heavy atom. The first-order chi connectivity index (χ1) is 9.26. The van der Waals surface area contributed by atoms with E-state index in [1.165, 1.54) is 7.11 Å². The van der Waals surface area contributed by atoms with Crippen molar-refractivity contribution in [2.24, 2.45) is 0 Å². The number of carbonyl (C=O) groups excluding carboxylic acids is 1. The average Bonchev–Trinajstić information content (AvgIpc) is 2.88. The van der Waals surface area contributed by atoms with Gasteiger partial charge in [-0.3, -0.25) is 4.98 Å². The van der Waals surface area contributed by atoms with Crippen LogP contribution in [0.2, 0.25) is 0 Å². The molecule has 2 heterocycles. The molecular formula is C13H16N4O2. The zero-order valence-electron chi connectivity index (χ0n) is 11.0. The minimum absolute atomic E-state index is 0.297. The fourth-order valence-corrected chi connectivity index (χ4v) is 1.88. The van der Waals surface area contributed by atoms with Crippen LogP contribution in [0.15, 0.2) is 24.4 Å². The second kappa shape index (κ2) is 6.08. The molecule has 2 rings (SSSR count). The summed E-state index contributed by atoms with van der Waals surface area (Å²) in [6.45, 7) is 2.60. The fourth-order valence-electron chi connectivity index (χ4n) is 1.88. The maximum absolute atomic E-state index is 11.5. The molecule has 2 aromatic rings. The molecule has 0 radical (unpaired) electrons. The van der Waals surface area contributed by atoms with E-state index in [4.69, 9.17) is 0 Å². The van der Waals surface area contributed by atoms with E-state index in [1.807, 2.05) is 25.1 Å². The number of ether oxygens (including phenoxy) is 1. The number of rotatable bonds is 5. The van der Waals surface area contributed by atoms with Gasteiger partial charge in [-0.1, -0.05) is 18.2 Å². The van der Waals surface area contributed by atoms with E-state index in [9.17, 15) is 4.79 Å². The van der Waals surface area contributed by atoms with Gasteiger partial charge in [-0.2, -0.15) is 0 Å². The molecule has 19 heavy (non-hydrogen) atoms. The number of nitrogens with zero attached hydrogens (tertiary/aromatic N) is 4. The maximum Gasteiger partial charge on any atom is 0.360 e. The Labute approximate surface area is 111 Å². The van der Waals surface area contributed by atoms with Crippen molar-refractivity contribution >= 4 is 5.97 Å². The zero-order chi connectivity index (χ0) is 13.7. The number of methoxy groups -OCH3 is 1. The fraction of sp³-hybridized carbons (Fsp3) is 0.385. The number of hydrogen-bond acceptors (Lipinski definition) is 5. The van der Waals surface area contributed by atoms with Crippen molar-refractivity contribution in [3.05, 3.63) is 41.5 Å². The maximum atomic E-state index is 11.5. The summed E-state index contributed by atoms with van der Waals surface area (Å²) in [6, 6.07) is 5.79. The van der Waals surface area contributed by atoms with Gasteiger partial charge in [-0.05, 0) is 18.6 Å². The lowest BCUT2D eigenvalue weighted by Gasteiger charge is -2.05. The third kappa shape index (κ3) is 2.96. The molecule has 0 N–H and O–H groups in total. The summed E-state index contributed by atoms with van der Waals surface area (Å²) in [4.78, 5) is 15.8. The van der Waals surface area contributed by atoms with Crippen molar-refractivity contribution in [3.63, 3.8) is 0 Å². The second-order valence-corrected chi connectivity index (χ2v) is 4.02. The topological polar surface area (TPSA) is 69.9 Å². The molecule has 2 aromatic heterocycles. The average molecular weight is 260 g/mol. The van der Waals surface area contributed by atoms with Crippen LogP contribution in [0.4, 0.5) is 0 Å². The molecule has 6 nitrogen and oxygen atoms in total. The molecule has 100 valence electrons. The first-order valence-corrected chi connectivity index (χ1v) is 6.16. The monoisotopic (exact) mass is 260 g/mol. The van der Waals surface area contributed by atoms with Crippen molar-refractivity contribution in [3.8, 4) is 0 Å². The summed E-state index contributed by atoms with van der Waals surface area (Å²) in [5.74, 6) is -0.444. The molecule has 0 aromatic carbocycles. The van der Waals surface area contributed by atoms with Crippen molar-refractivity contribution in [2.45, 2.75) is 26.3 Å². The van der Waals surface area contributed by atoms with Gasteiger partial charge in [0, 0.05) is 24.9 Å². The normalized spacial score (nSPS) is 10.4. The Kier molecular flexibility index (Phi) is 4.22. The zero-order valence-corrected chi connectivity index (χ0v) is 11.0. The molecule has 6 heteroatoms. The van der Waals surface area contributed by atoms with Crippen molar-refractivity contribution < 1.29 is 9.53 Å². The molecule has 0 atom stereocenters. The highest BCUT2D eigenvalue weighted by Gasteiger charge is 2.18. The van der Waals surface area contributed by atoms with E-state index >= 15 is 0 Å². The molecule has 0 aliphatic carbocycles. The van der Waals surface area contributed by atoms with Gasteiger partial charge in [0.15, 0.2) is 5.69 Å². The van der Waals surface area contributed by atoms with E-state index < -0.39 is 5.97 Å². The van der Waals surface area contributed by atoms with E-state index in [-0.39, 0.29) is 0 Å². The van der Waals surface area contributed by atoms with E-state index in [1.54, 1.807) is 10.9 Å². The van der Waals surface area contributed by atoms with Crippen LogP contribution < -0.4 is 0 Å². The summed E-state index contributed by atoms with van der Waals surface area (Å²) in [6.07, 6.45) is 3.19. The van der Waals surface area contributed by atoms with E-state index in [2.05, 4.69) is 20.0 Å². The predicted molar refractivity (Wildman–Crippen MR) is 68.7 cm³/mol. The molecule has 0 saturated heterocycles. The highest BCUT2D eigenvalue weighted by Crippen LogP contribution is 2.09. The van der Waals surface area contributed by atoms with Gasteiger partial charge in [0.1, 0.15) is 0 Å². The minimum atomic E-state index is -0.444. The predicted octanol–water partition coefficient (Wildman–Crippen LogP) is 1.26. The van der Waals surface area contributed by atoms with E-state index in [0.717, 1.165) is 17.8 Å². The molecule has 0 unspecified atom stereocenters. The summed E-state index contributed by atoms with van der Waals surface area (Å²) in [7, 11) is 1.34. The molecule has 0 spiro atoms. The number of hydrogen-bond donors (Lipinski definition) is 0. The highest BCUT2D eigenvalue weighted by atomic mass is 16.5. The lowest BCUT2D eigenvalue weighted by molar-refractivity contribution is 0.0592. The standard InChI is InChI=1S/C13H16N4O2/c1-3-11-12(13(18)19-2)15-16-17(11)9-7-10-6-4-5-8-14-10/h4-6,8H,3,7,9H2,1-2H3. The van der Waals surface area contributed by atoms with Crippen LogP contribution in [0.3, 0.4) is 0 Å². The van der Waals surface area contributed by atoms with Gasteiger partial charge in [0.25, 0.3) is 0 Å². The van der Waals surface area contributed by atoms with Gasteiger partial charge in [0.05, 0.1) is 12.8 Å². The van der Waals surface area contributed by atoms with Crippen LogP contribution in [0, 0.1) is 0 Å². The van der Waals surface area contributed by atoms with Crippen LogP contribution in [0.25, 0.3) is 0 Å². The van der Waals surface area contributed by atoms with Crippen molar-refractivity contribution in [1.82, 2.24) is 20.0 Å². The second-order valence-electron chi connectivity index (χ2n) is 4.02. The number of esters is 1. The SMILES string of the molecule is CCc1c(C(=O)OC)nnn1CCc1ccccn1. The lowest BCUT2D eigenvalue weighted by Crippen LogP contribution is -2.10. The first kappa shape index (κ1) is 13.2. The van der Waals surface area contributed by atoms with Crippen LogP contribution in [-0.2, 0) is 24.1 Å². The van der Waals surface area contributed by atoms with Crippen LogP contribution >= 0.6 is 0 Å². The smallest absolute Gasteiger partial charge is 0.360 e. The van der Waals surface area contributed by atoms with Crippen LogP contribution in [0.5, 0.6) is 0 Å². The molecule has 0 aliphatic heterocycles. The number of aryl methyl sites for hydroxylation is 2. The summed E-state index contributed by atoms with van der Waals surface area (Å²) in [5, 5.41) is 7.90. The molecule has 0 aliphatic rings. The van der Waals surface area contributed by atoms with E-state index in [0.29, 0.717) is 18.7 Å². The van der Waals surface area contributed by atoms with Gasteiger partial charge in [-0.25, -0.2) is 9.48 Å². The number of pyridine rings is 1. The minimum Gasteiger partial charge on any atom is -0.464 e. The lowest BCUT2D eigenvalue weighted by atomic mass is 10.2. The molecule has 0 saturated carbocycles. The van der Waals surface area contributed by atoms with Gasteiger partial charge < -0.3 is 4.74 Å². The summed E-state index contributed by atoms with van der Waals surface area (Å²) >= 11 is 0. The van der Waals surface area contributed by atoms with Gasteiger partial charge in [0.2, 0.25) is 0 Å². The van der Waals surface area contributed by atoms with Crippen molar-refractivity contribution in [2.75, 3.05) is 7.11 Å². The Bertz CT molecular complexity index is 551. The summed E-state index contributed by atoms with van der Waals surface area (Å²) < 4.78 is 6.42. The third-order valence-corrected chi connectivity index (χ3v) is 2.86. The Hall–Kier alpha value is -2.24. The van der Waals surface area contributed by atoms with Crippen LogP contribution in [-0.4, -0.2) is 33.1 Å². The number of aromatic nitrogens is 4. The van der Waals surface area contributed by atoms with Gasteiger partial charge >= 0.3 is 5.97 Å². The van der Waals surface area contributed by atoms with Crippen LogP contribution in [0.1, 0.15) is 28.8 Å². The third-order valence-electron chi connectivity index (χ3n) is 2.86. The Morgan fingerprint density at radius 3 is 2.89 bits per heavy atom. The van der Waals surface area contributed by atoms with Gasteiger partial charge in [-0.15, -0.1) is 5.10 Å². The molecule has 0 amide bonds. The Balaban J connectivity index is 2.13. The molecule has 0 fully saturated rings.